The number of nitrogens with one attached hydrogen (secondary N) is 1. The van der Waals surface area contributed by atoms with Crippen LogP contribution in [-0.4, -0.2) is 12.1 Å². The Bertz CT molecular complexity index is 92.9. The second kappa shape index (κ2) is 3.38. The molecule has 1 aliphatic heterocycles. The molecule has 1 rings (SSSR count). The van der Waals surface area contributed by atoms with Crippen LogP contribution in [0.15, 0.2) is 0 Å². The van der Waals surface area contributed by atoms with Crippen LogP contribution in [0.5, 0.6) is 0 Å². The predicted octanol–water partition coefficient (Wildman–Crippen LogP) is 2.17. The SMILES string of the molecule is CCC1CC(CC(C)C)N1. The van der Waals surface area contributed by atoms with Crippen LogP contribution in [0.4, 0.5) is 0 Å². The van der Waals surface area contributed by atoms with Gasteiger partial charge in [-0.3, -0.25) is 0 Å². The van der Waals surface area contributed by atoms with Crippen molar-refractivity contribution in [3.8, 4) is 0 Å². The van der Waals surface area contributed by atoms with Gasteiger partial charge in [0.25, 0.3) is 0 Å². The van der Waals surface area contributed by atoms with Crippen LogP contribution in [0.3, 0.4) is 0 Å². The average molecular weight is 141 g/mol. The van der Waals surface area contributed by atoms with Gasteiger partial charge in [0.2, 0.25) is 0 Å². The van der Waals surface area contributed by atoms with Crippen LogP contribution in [0, 0.1) is 5.92 Å². The zero-order chi connectivity index (χ0) is 7.56. The highest BCUT2D eigenvalue weighted by molar-refractivity contribution is 4.87. The topological polar surface area (TPSA) is 12.0 Å². The molecule has 0 amide bonds. The van der Waals surface area contributed by atoms with Crippen molar-refractivity contribution >= 4 is 0 Å². The van der Waals surface area contributed by atoms with Crippen molar-refractivity contribution in [1.29, 1.82) is 0 Å². The van der Waals surface area contributed by atoms with Crippen LogP contribution in [0.1, 0.15) is 40.0 Å². The second-order valence-electron chi connectivity index (χ2n) is 3.83. The maximum absolute atomic E-state index is 3.56. The molecular formula is C9H19N. The lowest BCUT2D eigenvalue weighted by Gasteiger charge is -2.37. The molecule has 1 saturated heterocycles. The van der Waals surface area contributed by atoms with Crippen LogP contribution in [0.25, 0.3) is 0 Å². The first-order valence-corrected chi connectivity index (χ1v) is 4.48. The summed E-state index contributed by atoms with van der Waals surface area (Å²) < 4.78 is 0. The normalized spacial score (nSPS) is 32.4. The summed E-state index contributed by atoms with van der Waals surface area (Å²) in [6.07, 6.45) is 4.07. The van der Waals surface area contributed by atoms with Gasteiger partial charge in [-0.2, -0.15) is 0 Å². The Balaban J connectivity index is 2.03. The third-order valence-corrected chi connectivity index (χ3v) is 2.29. The van der Waals surface area contributed by atoms with E-state index in [1.54, 1.807) is 0 Å². The molecule has 0 aromatic rings. The van der Waals surface area contributed by atoms with Crippen LogP contribution >= 0.6 is 0 Å². The molecule has 10 heavy (non-hydrogen) atoms. The van der Waals surface area contributed by atoms with Crippen molar-refractivity contribution in [2.45, 2.75) is 52.1 Å². The molecule has 0 bridgehead atoms. The van der Waals surface area contributed by atoms with Gasteiger partial charge in [0.1, 0.15) is 0 Å². The van der Waals surface area contributed by atoms with Gasteiger partial charge < -0.3 is 5.32 Å². The Labute approximate surface area is 64.2 Å². The van der Waals surface area contributed by atoms with Crippen molar-refractivity contribution in [1.82, 2.24) is 5.32 Å². The number of hydrogen-bond acceptors (Lipinski definition) is 1. The third-order valence-electron chi connectivity index (χ3n) is 2.29. The summed E-state index contributed by atoms with van der Waals surface area (Å²) >= 11 is 0. The summed E-state index contributed by atoms with van der Waals surface area (Å²) in [6.45, 7) is 6.84. The van der Waals surface area contributed by atoms with Crippen molar-refractivity contribution < 1.29 is 0 Å². The lowest BCUT2D eigenvalue weighted by atomic mass is 9.89. The molecule has 2 unspecified atom stereocenters. The summed E-state index contributed by atoms with van der Waals surface area (Å²) in [4.78, 5) is 0. The van der Waals surface area contributed by atoms with Crippen LogP contribution in [0.2, 0.25) is 0 Å². The van der Waals surface area contributed by atoms with Gasteiger partial charge in [-0.1, -0.05) is 20.8 Å². The highest BCUT2D eigenvalue weighted by atomic mass is 15.0. The van der Waals surface area contributed by atoms with Gasteiger partial charge in [0.15, 0.2) is 0 Å². The molecule has 0 aliphatic carbocycles. The second-order valence-corrected chi connectivity index (χ2v) is 3.83. The molecule has 0 aromatic carbocycles. The van der Waals surface area contributed by atoms with E-state index in [1.807, 2.05) is 0 Å². The van der Waals surface area contributed by atoms with E-state index < -0.39 is 0 Å². The summed E-state index contributed by atoms with van der Waals surface area (Å²) in [5, 5.41) is 3.56. The summed E-state index contributed by atoms with van der Waals surface area (Å²) in [6, 6.07) is 1.67. The quantitative estimate of drug-likeness (QED) is 0.635. The van der Waals surface area contributed by atoms with Gasteiger partial charge in [-0.25, -0.2) is 0 Å². The summed E-state index contributed by atoms with van der Waals surface area (Å²) in [7, 11) is 0. The van der Waals surface area contributed by atoms with E-state index in [2.05, 4.69) is 26.1 Å². The number of rotatable bonds is 3. The lowest BCUT2D eigenvalue weighted by molar-refractivity contribution is 0.227. The van der Waals surface area contributed by atoms with E-state index in [0.717, 1.165) is 18.0 Å². The Kier molecular flexibility index (Phi) is 2.72. The molecule has 1 aliphatic rings. The fraction of sp³-hybridized carbons (Fsp3) is 1.00. The van der Waals surface area contributed by atoms with E-state index in [9.17, 15) is 0 Å². The van der Waals surface area contributed by atoms with Gasteiger partial charge in [0.05, 0.1) is 0 Å². The van der Waals surface area contributed by atoms with Crippen molar-refractivity contribution in [2.75, 3.05) is 0 Å². The van der Waals surface area contributed by atoms with Gasteiger partial charge in [-0.05, 0) is 25.2 Å². The maximum Gasteiger partial charge on any atom is 0.00869 e. The monoisotopic (exact) mass is 141 g/mol. The maximum atomic E-state index is 3.56. The van der Waals surface area contributed by atoms with Crippen molar-refractivity contribution in [2.24, 2.45) is 5.92 Å². The highest BCUT2D eigenvalue weighted by Crippen LogP contribution is 2.20. The largest absolute Gasteiger partial charge is 0.311 e. The van der Waals surface area contributed by atoms with Crippen molar-refractivity contribution in [3.05, 3.63) is 0 Å². The van der Waals surface area contributed by atoms with E-state index in [1.165, 1.54) is 19.3 Å². The molecule has 0 radical (unpaired) electrons. The van der Waals surface area contributed by atoms with Gasteiger partial charge >= 0.3 is 0 Å². The molecule has 60 valence electrons. The lowest BCUT2D eigenvalue weighted by Crippen LogP contribution is -2.52. The third kappa shape index (κ3) is 1.98. The first-order valence-electron chi connectivity index (χ1n) is 4.48. The Morgan fingerprint density at radius 3 is 2.40 bits per heavy atom. The van der Waals surface area contributed by atoms with Gasteiger partial charge in [0, 0.05) is 12.1 Å². The Hall–Kier alpha value is -0.0400. The molecule has 1 fully saturated rings. The molecular weight excluding hydrogens is 122 g/mol. The summed E-state index contributed by atoms with van der Waals surface area (Å²) in [5.41, 5.74) is 0. The van der Waals surface area contributed by atoms with Gasteiger partial charge in [-0.15, -0.1) is 0 Å². The fourth-order valence-corrected chi connectivity index (χ4v) is 1.67. The van der Waals surface area contributed by atoms with E-state index in [4.69, 9.17) is 0 Å². The first-order chi connectivity index (χ1) is 4.72. The molecule has 0 spiro atoms. The fourth-order valence-electron chi connectivity index (χ4n) is 1.67. The molecule has 1 heteroatoms. The molecule has 0 saturated carbocycles. The zero-order valence-electron chi connectivity index (χ0n) is 7.35. The molecule has 0 aromatic heterocycles. The standard InChI is InChI=1S/C9H19N/c1-4-8-6-9(10-8)5-7(2)3/h7-10H,4-6H2,1-3H3. The summed E-state index contributed by atoms with van der Waals surface area (Å²) in [5.74, 6) is 0.857. The highest BCUT2D eigenvalue weighted by Gasteiger charge is 2.26. The average Bonchev–Trinajstić information content (AvgIpc) is 1.76. The minimum absolute atomic E-state index is 0.837. The predicted molar refractivity (Wildman–Crippen MR) is 45.1 cm³/mol. The minimum atomic E-state index is 0.837. The smallest absolute Gasteiger partial charge is 0.00869 e. The van der Waals surface area contributed by atoms with E-state index in [-0.39, 0.29) is 0 Å². The van der Waals surface area contributed by atoms with Crippen LogP contribution in [-0.2, 0) is 0 Å². The Morgan fingerprint density at radius 2 is 2.00 bits per heavy atom. The molecule has 1 heterocycles. The number of hydrogen-bond donors (Lipinski definition) is 1. The van der Waals surface area contributed by atoms with E-state index in [0.29, 0.717) is 0 Å². The molecule has 2 atom stereocenters. The Morgan fingerprint density at radius 1 is 1.40 bits per heavy atom. The van der Waals surface area contributed by atoms with Crippen molar-refractivity contribution in [3.63, 3.8) is 0 Å². The molecule has 1 nitrogen and oxygen atoms in total. The zero-order valence-corrected chi connectivity index (χ0v) is 7.35. The minimum Gasteiger partial charge on any atom is -0.311 e. The molecule has 1 N–H and O–H groups in total. The van der Waals surface area contributed by atoms with E-state index >= 15 is 0 Å². The van der Waals surface area contributed by atoms with Crippen LogP contribution < -0.4 is 5.32 Å². The first kappa shape index (κ1) is 8.06.